The molecule has 2 rings (SSSR count). The zero-order valence-corrected chi connectivity index (χ0v) is 12.8. The summed E-state index contributed by atoms with van der Waals surface area (Å²) >= 11 is 1.15. The molecule has 1 heterocycles. The lowest BCUT2D eigenvalue weighted by molar-refractivity contribution is -0.137. The van der Waals surface area contributed by atoms with Gasteiger partial charge in [-0.15, -0.1) is 0 Å². The monoisotopic (exact) mass is 331 g/mol. The van der Waals surface area contributed by atoms with Gasteiger partial charge in [-0.05, 0) is 18.1 Å². The van der Waals surface area contributed by atoms with Crippen LogP contribution in [0.15, 0.2) is 24.3 Å². The number of carbonyl (C=O) groups is 2. The lowest BCUT2D eigenvalue weighted by atomic mass is 10.1. The third-order valence-electron chi connectivity index (χ3n) is 3.44. The molecule has 22 heavy (non-hydrogen) atoms. The van der Waals surface area contributed by atoms with Crippen LogP contribution in [0, 0.1) is 0 Å². The first-order chi connectivity index (χ1) is 10.3. The van der Waals surface area contributed by atoms with E-state index in [4.69, 9.17) is 0 Å². The molecule has 1 aromatic rings. The Labute approximate surface area is 130 Å². The summed E-state index contributed by atoms with van der Waals surface area (Å²) in [6, 6.07) is 5.14. The van der Waals surface area contributed by atoms with Crippen LogP contribution < -0.4 is 0 Å². The minimum atomic E-state index is -4.36. The lowest BCUT2D eigenvalue weighted by Gasteiger charge is -2.16. The van der Waals surface area contributed by atoms with Crippen LogP contribution in [0.25, 0.3) is 0 Å². The lowest BCUT2D eigenvalue weighted by Crippen LogP contribution is -2.28. The zero-order chi connectivity index (χ0) is 16.3. The van der Waals surface area contributed by atoms with Gasteiger partial charge in [-0.3, -0.25) is 9.59 Å². The van der Waals surface area contributed by atoms with Gasteiger partial charge in [-0.1, -0.05) is 30.0 Å². The number of likely N-dealkylation sites (tertiary alicyclic amines) is 1. The largest absolute Gasteiger partial charge is 0.416 e. The Morgan fingerprint density at radius 3 is 2.77 bits per heavy atom. The second-order valence-electron chi connectivity index (χ2n) is 5.22. The van der Waals surface area contributed by atoms with Gasteiger partial charge in [0.2, 0.25) is 5.91 Å². The standard InChI is InChI=1S/C15H16F3NO2S/c1-10(20)22-13-8-14(21)19(9-13)6-5-11-3-2-4-12(7-11)15(16,17)18/h2-4,7,13H,5-6,8-9H2,1H3. The van der Waals surface area contributed by atoms with Crippen molar-refractivity contribution in [1.82, 2.24) is 4.90 Å². The predicted octanol–water partition coefficient (Wildman–Crippen LogP) is 3.13. The van der Waals surface area contributed by atoms with E-state index in [2.05, 4.69) is 0 Å². The van der Waals surface area contributed by atoms with Crippen molar-refractivity contribution in [2.45, 2.75) is 31.2 Å². The number of halogens is 3. The van der Waals surface area contributed by atoms with Gasteiger partial charge < -0.3 is 4.90 Å². The fourth-order valence-corrected chi connectivity index (χ4v) is 3.38. The molecular weight excluding hydrogens is 315 g/mol. The van der Waals surface area contributed by atoms with E-state index in [1.165, 1.54) is 13.0 Å². The van der Waals surface area contributed by atoms with Crippen molar-refractivity contribution in [2.24, 2.45) is 0 Å². The van der Waals surface area contributed by atoms with E-state index >= 15 is 0 Å². The maximum absolute atomic E-state index is 12.6. The maximum Gasteiger partial charge on any atom is 0.416 e. The highest BCUT2D eigenvalue weighted by Crippen LogP contribution is 2.30. The molecular formula is C15H16F3NO2S. The van der Waals surface area contributed by atoms with Crippen LogP contribution in [0.1, 0.15) is 24.5 Å². The van der Waals surface area contributed by atoms with Gasteiger partial charge in [0.05, 0.1) is 5.56 Å². The topological polar surface area (TPSA) is 37.4 Å². The van der Waals surface area contributed by atoms with E-state index in [0.717, 1.165) is 23.9 Å². The Kier molecular flexibility index (Phi) is 5.16. The van der Waals surface area contributed by atoms with Crippen LogP contribution in [0.5, 0.6) is 0 Å². The molecule has 7 heteroatoms. The summed E-state index contributed by atoms with van der Waals surface area (Å²) in [5.74, 6) is -0.0503. The van der Waals surface area contributed by atoms with E-state index in [1.807, 2.05) is 0 Å². The Balaban J connectivity index is 1.93. The number of carbonyl (C=O) groups excluding carboxylic acids is 2. The van der Waals surface area contributed by atoms with Gasteiger partial charge in [0.1, 0.15) is 0 Å². The average molecular weight is 331 g/mol. The second-order valence-corrected chi connectivity index (χ2v) is 6.70. The van der Waals surface area contributed by atoms with Crippen LogP contribution in [-0.2, 0) is 22.2 Å². The summed E-state index contributed by atoms with van der Waals surface area (Å²) in [5, 5.41) is -0.0796. The SMILES string of the molecule is CC(=O)SC1CC(=O)N(CCc2cccc(C(F)(F)F)c2)C1. The molecule has 0 aliphatic carbocycles. The van der Waals surface area contributed by atoms with Gasteiger partial charge in [0.25, 0.3) is 0 Å². The number of hydrogen-bond acceptors (Lipinski definition) is 3. The van der Waals surface area contributed by atoms with Gasteiger partial charge in [-0.25, -0.2) is 0 Å². The number of rotatable bonds is 4. The summed E-state index contributed by atoms with van der Waals surface area (Å²) in [4.78, 5) is 24.5. The molecule has 0 radical (unpaired) electrons. The predicted molar refractivity (Wildman–Crippen MR) is 78.4 cm³/mol. The number of alkyl halides is 3. The van der Waals surface area contributed by atoms with Crippen molar-refractivity contribution in [3.05, 3.63) is 35.4 Å². The van der Waals surface area contributed by atoms with E-state index in [-0.39, 0.29) is 16.3 Å². The first kappa shape index (κ1) is 16.9. The Morgan fingerprint density at radius 1 is 1.41 bits per heavy atom. The molecule has 0 N–H and O–H groups in total. The summed E-state index contributed by atoms with van der Waals surface area (Å²) in [6.07, 6.45) is -3.68. The van der Waals surface area contributed by atoms with Crippen LogP contribution in [0.2, 0.25) is 0 Å². The molecule has 0 saturated carbocycles. The number of hydrogen-bond donors (Lipinski definition) is 0. The molecule has 1 unspecified atom stereocenters. The highest BCUT2D eigenvalue weighted by molar-refractivity contribution is 8.14. The molecule has 1 aliphatic rings. The highest BCUT2D eigenvalue weighted by Gasteiger charge is 2.32. The maximum atomic E-state index is 12.6. The molecule has 1 atom stereocenters. The van der Waals surface area contributed by atoms with Crippen molar-refractivity contribution in [2.75, 3.05) is 13.1 Å². The molecule has 1 saturated heterocycles. The summed E-state index contributed by atoms with van der Waals surface area (Å²) in [6.45, 7) is 2.30. The fraction of sp³-hybridized carbons (Fsp3) is 0.467. The smallest absolute Gasteiger partial charge is 0.341 e. The van der Waals surface area contributed by atoms with Gasteiger partial charge in [0, 0.05) is 31.7 Å². The van der Waals surface area contributed by atoms with Crippen LogP contribution >= 0.6 is 11.8 Å². The van der Waals surface area contributed by atoms with E-state index in [0.29, 0.717) is 31.5 Å². The van der Waals surface area contributed by atoms with E-state index in [9.17, 15) is 22.8 Å². The third kappa shape index (κ3) is 4.50. The third-order valence-corrected chi connectivity index (χ3v) is 4.42. The normalized spacial score (nSPS) is 18.8. The van der Waals surface area contributed by atoms with Crippen LogP contribution in [0.4, 0.5) is 13.2 Å². The quantitative estimate of drug-likeness (QED) is 0.851. The average Bonchev–Trinajstić information content (AvgIpc) is 2.75. The first-order valence-corrected chi connectivity index (χ1v) is 7.75. The van der Waals surface area contributed by atoms with Gasteiger partial charge in [-0.2, -0.15) is 13.2 Å². The van der Waals surface area contributed by atoms with Gasteiger partial charge >= 0.3 is 6.18 Å². The Morgan fingerprint density at radius 2 is 2.14 bits per heavy atom. The number of amides is 1. The number of benzene rings is 1. The van der Waals surface area contributed by atoms with E-state index in [1.54, 1.807) is 11.0 Å². The summed E-state index contributed by atoms with van der Waals surface area (Å²) in [7, 11) is 0. The first-order valence-electron chi connectivity index (χ1n) is 6.87. The van der Waals surface area contributed by atoms with Crippen molar-refractivity contribution in [1.29, 1.82) is 0 Å². The molecule has 1 amide bonds. The minimum absolute atomic E-state index is 0.0301. The zero-order valence-electron chi connectivity index (χ0n) is 12.0. The van der Waals surface area contributed by atoms with Crippen molar-refractivity contribution < 1.29 is 22.8 Å². The van der Waals surface area contributed by atoms with Gasteiger partial charge in [0.15, 0.2) is 5.12 Å². The molecule has 120 valence electrons. The molecule has 0 bridgehead atoms. The fourth-order valence-electron chi connectivity index (χ4n) is 2.43. The molecule has 1 aliphatic heterocycles. The van der Waals surface area contributed by atoms with E-state index < -0.39 is 11.7 Å². The van der Waals surface area contributed by atoms with Crippen molar-refractivity contribution >= 4 is 22.8 Å². The van der Waals surface area contributed by atoms with Crippen molar-refractivity contribution in [3.63, 3.8) is 0 Å². The molecule has 0 spiro atoms. The molecule has 0 aromatic heterocycles. The Bertz CT molecular complexity index is 574. The van der Waals surface area contributed by atoms with Crippen molar-refractivity contribution in [3.8, 4) is 0 Å². The second kappa shape index (κ2) is 6.73. The summed E-state index contributed by atoms with van der Waals surface area (Å²) < 4.78 is 37.9. The summed E-state index contributed by atoms with van der Waals surface area (Å²) in [5.41, 5.74) is -0.131. The molecule has 1 fully saturated rings. The van der Waals surface area contributed by atoms with Crippen LogP contribution in [-0.4, -0.2) is 34.3 Å². The number of nitrogens with zero attached hydrogens (tertiary/aromatic N) is 1. The Hall–Kier alpha value is -1.50. The number of thioether (sulfide) groups is 1. The molecule has 1 aromatic carbocycles. The highest BCUT2D eigenvalue weighted by atomic mass is 32.2. The minimum Gasteiger partial charge on any atom is -0.341 e. The molecule has 3 nitrogen and oxygen atoms in total. The van der Waals surface area contributed by atoms with Crippen LogP contribution in [0.3, 0.4) is 0 Å².